The Hall–Kier alpha value is -0.770. The molecule has 1 aromatic carbocycles. The lowest BCUT2D eigenvalue weighted by Gasteiger charge is -2.10. The number of ether oxygens (including phenoxy) is 2. The Labute approximate surface area is 122 Å². The van der Waals surface area contributed by atoms with E-state index in [1.54, 1.807) is 13.0 Å². The maximum atomic E-state index is 11.7. The lowest BCUT2D eigenvalue weighted by molar-refractivity contribution is -0.149. The average molecular weight is 303 g/mol. The van der Waals surface area contributed by atoms with Gasteiger partial charge in [0.1, 0.15) is 0 Å². The Balaban J connectivity index is 1.83. The van der Waals surface area contributed by atoms with E-state index in [2.05, 4.69) is 0 Å². The Bertz CT molecular complexity index is 470. The quantitative estimate of drug-likeness (QED) is 0.595. The van der Waals surface area contributed by atoms with E-state index >= 15 is 0 Å². The molecule has 0 aromatic heterocycles. The molecule has 104 valence electrons. The predicted molar refractivity (Wildman–Crippen MR) is 74.7 cm³/mol. The second-order valence-corrected chi connectivity index (χ2v) is 5.42. The molecule has 0 unspecified atom stereocenters. The Morgan fingerprint density at radius 2 is 2.16 bits per heavy atom. The first kappa shape index (κ1) is 14.6. The largest absolute Gasteiger partial charge is 0.464 e. The maximum absolute atomic E-state index is 11.7. The maximum Gasteiger partial charge on any atom is 0.340 e. The second kappa shape index (κ2) is 6.12. The smallest absolute Gasteiger partial charge is 0.340 e. The van der Waals surface area contributed by atoms with Crippen molar-refractivity contribution in [3.05, 3.63) is 33.8 Å². The summed E-state index contributed by atoms with van der Waals surface area (Å²) in [5.41, 5.74) is 0.417. The number of esters is 1. The zero-order valence-electron chi connectivity index (χ0n) is 10.7. The van der Waals surface area contributed by atoms with Gasteiger partial charge in [-0.25, -0.2) is 4.79 Å². The van der Waals surface area contributed by atoms with E-state index in [1.165, 1.54) is 0 Å². The fourth-order valence-electron chi connectivity index (χ4n) is 1.99. The number of carbonyl (C=O) groups is 1. The molecule has 1 fully saturated rings. The van der Waals surface area contributed by atoms with E-state index in [9.17, 15) is 4.79 Å². The summed E-state index contributed by atoms with van der Waals surface area (Å²) < 4.78 is 10.3. The zero-order chi connectivity index (χ0) is 13.9. The lowest BCUT2D eigenvalue weighted by Crippen LogP contribution is -2.27. The molecule has 0 saturated carbocycles. The first-order chi connectivity index (χ1) is 9.07. The molecule has 0 spiro atoms. The van der Waals surface area contributed by atoms with Gasteiger partial charge in [-0.2, -0.15) is 0 Å². The minimum absolute atomic E-state index is 0.246. The van der Waals surface area contributed by atoms with Crippen LogP contribution in [-0.4, -0.2) is 24.8 Å². The van der Waals surface area contributed by atoms with Crippen molar-refractivity contribution in [2.75, 3.05) is 13.2 Å². The van der Waals surface area contributed by atoms with Crippen molar-refractivity contribution in [3.63, 3.8) is 0 Å². The van der Waals surface area contributed by atoms with Gasteiger partial charge < -0.3 is 9.47 Å². The van der Waals surface area contributed by atoms with Gasteiger partial charge in [0.15, 0.2) is 5.60 Å². The van der Waals surface area contributed by atoms with Gasteiger partial charge in [-0.1, -0.05) is 29.3 Å². The zero-order valence-corrected chi connectivity index (χ0v) is 12.3. The summed E-state index contributed by atoms with van der Waals surface area (Å²) in [4.78, 5) is 11.7. The minimum atomic E-state index is -0.688. The number of hydrogen-bond donors (Lipinski definition) is 0. The third-order valence-electron chi connectivity index (χ3n) is 3.17. The van der Waals surface area contributed by atoms with Gasteiger partial charge >= 0.3 is 5.97 Å². The highest BCUT2D eigenvalue weighted by Crippen LogP contribution is 2.34. The Kier molecular flexibility index (Phi) is 4.71. The van der Waals surface area contributed by atoms with E-state index < -0.39 is 5.60 Å². The van der Waals surface area contributed by atoms with Crippen LogP contribution in [0.1, 0.15) is 25.3 Å². The molecule has 0 amide bonds. The lowest BCUT2D eigenvalue weighted by atomic mass is 10.0. The summed E-state index contributed by atoms with van der Waals surface area (Å²) >= 11 is 11.8. The van der Waals surface area contributed by atoms with Gasteiger partial charge in [-0.15, -0.1) is 0 Å². The van der Waals surface area contributed by atoms with Crippen molar-refractivity contribution < 1.29 is 14.3 Å². The monoisotopic (exact) mass is 302 g/mol. The molecule has 1 aliphatic rings. The summed E-state index contributed by atoms with van der Waals surface area (Å²) in [6.45, 7) is 2.65. The van der Waals surface area contributed by atoms with E-state index in [0.29, 0.717) is 29.7 Å². The van der Waals surface area contributed by atoms with Gasteiger partial charge in [0.25, 0.3) is 0 Å². The van der Waals surface area contributed by atoms with Crippen LogP contribution in [0.15, 0.2) is 18.2 Å². The van der Waals surface area contributed by atoms with Gasteiger partial charge in [0.2, 0.25) is 0 Å². The topological polar surface area (TPSA) is 38.8 Å². The van der Waals surface area contributed by atoms with Gasteiger partial charge in [-0.05, 0) is 43.9 Å². The molecular weight excluding hydrogens is 287 g/mol. The summed E-state index contributed by atoms with van der Waals surface area (Å²) in [5.74, 6) is -0.246. The number of carbonyl (C=O) groups excluding carboxylic acids is 1. The number of aryl methyl sites for hydroxylation is 1. The van der Waals surface area contributed by atoms with Crippen LogP contribution >= 0.6 is 23.2 Å². The molecule has 1 aliphatic heterocycles. The fraction of sp³-hybridized carbons (Fsp3) is 0.500. The van der Waals surface area contributed by atoms with Crippen LogP contribution in [0, 0.1) is 0 Å². The first-order valence-electron chi connectivity index (χ1n) is 6.32. The van der Waals surface area contributed by atoms with Crippen LogP contribution in [0.25, 0.3) is 0 Å². The van der Waals surface area contributed by atoms with Crippen molar-refractivity contribution in [2.24, 2.45) is 0 Å². The van der Waals surface area contributed by atoms with Crippen LogP contribution in [0.5, 0.6) is 0 Å². The van der Waals surface area contributed by atoms with Crippen LogP contribution in [0.3, 0.4) is 0 Å². The molecular formula is C14H16Cl2O3. The summed E-state index contributed by atoms with van der Waals surface area (Å²) in [6.07, 6.45) is 2.35. The number of halogens is 2. The molecule has 3 nitrogen and oxygen atoms in total. The molecule has 0 bridgehead atoms. The third-order valence-corrected chi connectivity index (χ3v) is 3.91. The number of rotatable bonds is 6. The number of benzene rings is 1. The molecule has 1 saturated heterocycles. The highest BCUT2D eigenvalue weighted by atomic mass is 35.5. The van der Waals surface area contributed by atoms with Crippen LogP contribution in [-0.2, 0) is 20.7 Å². The SMILES string of the molecule is CCOC(=O)[C@]1(CCCc2ccc(Cl)c(Cl)c2)CO1. The van der Waals surface area contributed by atoms with E-state index in [-0.39, 0.29) is 5.97 Å². The van der Waals surface area contributed by atoms with E-state index in [1.807, 2.05) is 12.1 Å². The highest BCUT2D eigenvalue weighted by Gasteiger charge is 2.52. The summed E-state index contributed by atoms with van der Waals surface area (Å²) in [7, 11) is 0. The van der Waals surface area contributed by atoms with Gasteiger partial charge in [0.05, 0.1) is 23.3 Å². The molecule has 0 aliphatic carbocycles. The Morgan fingerprint density at radius 1 is 1.42 bits per heavy atom. The standard InChI is InChI=1S/C14H16Cl2O3/c1-2-18-13(17)14(9-19-14)7-3-4-10-5-6-11(15)12(16)8-10/h5-6,8H,2-4,7,9H2,1H3/t14-/m0/s1. The summed E-state index contributed by atoms with van der Waals surface area (Å²) in [6, 6.07) is 5.58. The molecule has 0 N–H and O–H groups in total. The molecule has 5 heteroatoms. The van der Waals surface area contributed by atoms with Crippen LogP contribution in [0.2, 0.25) is 10.0 Å². The van der Waals surface area contributed by atoms with Crippen molar-refractivity contribution in [2.45, 2.75) is 31.8 Å². The van der Waals surface area contributed by atoms with Gasteiger partial charge in [-0.3, -0.25) is 0 Å². The third kappa shape index (κ3) is 3.62. The molecule has 2 rings (SSSR count). The predicted octanol–water partition coefficient (Wildman–Crippen LogP) is 3.65. The molecule has 19 heavy (non-hydrogen) atoms. The molecule has 1 aromatic rings. The van der Waals surface area contributed by atoms with Crippen molar-refractivity contribution in [1.82, 2.24) is 0 Å². The van der Waals surface area contributed by atoms with Crippen molar-refractivity contribution >= 4 is 29.2 Å². The normalized spacial score (nSPS) is 21.2. The Morgan fingerprint density at radius 3 is 2.74 bits per heavy atom. The minimum Gasteiger partial charge on any atom is -0.464 e. The number of hydrogen-bond acceptors (Lipinski definition) is 3. The van der Waals surface area contributed by atoms with E-state index in [0.717, 1.165) is 18.4 Å². The van der Waals surface area contributed by atoms with Crippen LogP contribution in [0.4, 0.5) is 0 Å². The first-order valence-corrected chi connectivity index (χ1v) is 7.08. The molecule has 1 heterocycles. The van der Waals surface area contributed by atoms with Crippen molar-refractivity contribution in [1.29, 1.82) is 0 Å². The van der Waals surface area contributed by atoms with Gasteiger partial charge in [0, 0.05) is 0 Å². The molecule has 0 radical (unpaired) electrons. The molecule has 1 atom stereocenters. The summed E-state index contributed by atoms with van der Waals surface area (Å²) in [5, 5.41) is 1.11. The fourth-order valence-corrected chi connectivity index (χ4v) is 2.31. The second-order valence-electron chi connectivity index (χ2n) is 4.61. The number of epoxide rings is 1. The average Bonchev–Trinajstić information content (AvgIpc) is 3.15. The van der Waals surface area contributed by atoms with Crippen LogP contribution < -0.4 is 0 Å². The van der Waals surface area contributed by atoms with Crippen molar-refractivity contribution in [3.8, 4) is 0 Å². The highest BCUT2D eigenvalue weighted by molar-refractivity contribution is 6.42. The van der Waals surface area contributed by atoms with E-state index in [4.69, 9.17) is 32.7 Å².